The van der Waals surface area contributed by atoms with Crippen molar-refractivity contribution in [3.05, 3.63) is 59.3 Å². The second-order valence-corrected chi connectivity index (χ2v) is 3.89. The zero-order valence-corrected chi connectivity index (χ0v) is 9.54. The lowest BCUT2D eigenvalue weighted by Gasteiger charge is -2.17. The van der Waals surface area contributed by atoms with Crippen LogP contribution >= 0.6 is 0 Å². The Morgan fingerprint density at radius 1 is 1.21 bits per heavy atom. The summed E-state index contributed by atoms with van der Waals surface area (Å²) in [6.07, 6.45) is -1.94. The van der Waals surface area contributed by atoms with Crippen LogP contribution in [0.5, 0.6) is 0 Å². The van der Waals surface area contributed by atoms with E-state index >= 15 is 0 Å². The van der Waals surface area contributed by atoms with Crippen molar-refractivity contribution >= 4 is 0 Å². The SMILES string of the molecule is NNC(c1ccoc1)c1cc(C(F)(F)F)ccc1F. The number of nitrogens with two attached hydrogens (primary N) is 1. The highest BCUT2D eigenvalue weighted by Gasteiger charge is 2.32. The maximum Gasteiger partial charge on any atom is 0.416 e. The summed E-state index contributed by atoms with van der Waals surface area (Å²) in [5, 5.41) is 0. The molecule has 1 heterocycles. The van der Waals surface area contributed by atoms with Gasteiger partial charge in [-0.2, -0.15) is 13.2 Å². The van der Waals surface area contributed by atoms with Crippen molar-refractivity contribution in [3.8, 4) is 0 Å². The second-order valence-electron chi connectivity index (χ2n) is 3.89. The maximum atomic E-state index is 13.7. The van der Waals surface area contributed by atoms with E-state index in [2.05, 4.69) is 5.43 Å². The number of alkyl halides is 3. The van der Waals surface area contributed by atoms with Gasteiger partial charge in [-0.05, 0) is 24.3 Å². The summed E-state index contributed by atoms with van der Waals surface area (Å²) in [4.78, 5) is 0. The lowest BCUT2D eigenvalue weighted by Crippen LogP contribution is -2.29. The second kappa shape index (κ2) is 5.02. The van der Waals surface area contributed by atoms with Gasteiger partial charge >= 0.3 is 6.18 Å². The number of furan rings is 1. The van der Waals surface area contributed by atoms with Crippen LogP contribution < -0.4 is 11.3 Å². The molecule has 0 radical (unpaired) electrons. The molecule has 0 aliphatic rings. The zero-order valence-electron chi connectivity index (χ0n) is 9.54. The smallest absolute Gasteiger partial charge is 0.416 e. The summed E-state index contributed by atoms with van der Waals surface area (Å²) in [5.41, 5.74) is 1.57. The van der Waals surface area contributed by atoms with E-state index in [1.807, 2.05) is 0 Å². The Balaban J connectivity index is 2.48. The first-order valence-corrected chi connectivity index (χ1v) is 5.28. The average molecular weight is 274 g/mol. The third-order valence-electron chi connectivity index (χ3n) is 2.68. The van der Waals surface area contributed by atoms with Crippen molar-refractivity contribution in [2.45, 2.75) is 12.2 Å². The highest BCUT2D eigenvalue weighted by molar-refractivity contribution is 5.34. The summed E-state index contributed by atoms with van der Waals surface area (Å²) in [6, 6.07) is 2.75. The highest BCUT2D eigenvalue weighted by Crippen LogP contribution is 2.33. The molecule has 1 atom stereocenters. The van der Waals surface area contributed by atoms with Gasteiger partial charge in [0.05, 0.1) is 24.1 Å². The van der Waals surface area contributed by atoms with Gasteiger partial charge in [0.25, 0.3) is 0 Å². The van der Waals surface area contributed by atoms with Crippen molar-refractivity contribution in [2.75, 3.05) is 0 Å². The molecule has 2 aromatic rings. The Labute approximate surface area is 106 Å². The monoisotopic (exact) mass is 274 g/mol. The number of hydrazine groups is 1. The van der Waals surface area contributed by atoms with E-state index in [1.165, 1.54) is 18.6 Å². The normalized spacial score (nSPS) is 13.5. The third kappa shape index (κ3) is 2.77. The molecule has 7 heteroatoms. The molecule has 0 fully saturated rings. The van der Waals surface area contributed by atoms with E-state index in [0.717, 1.165) is 12.1 Å². The Bertz CT molecular complexity index is 551. The van der Waals surface area contributed by atoms with Crippen molar-refractivity contribution < 1.29 is 22.0 Å². The Morgan fingerprint density at radius 3 is 2.47 bits per heavy atom. The topological polar surface area (TPSA) is 51.2 Å². The zero-order chi connectivity index (χ0) is 14.0. The molecule has 1 unspecified atom stereocenters. The summed E-state index contributed by atoms with van der Waals surface area (Å²) < 4.78 is 56.4. The first-order valence-electron chi connectivity index (χ1n) is 5.28. The van der Waals surface area contributed by atoms with Gasteiger partial charge in [0.1, 0.15) is 5.82 Å². The van der Waals surface area contributed by atoms with E-state index < -0.39 is 23.6 Å². The van der Waals surface area contributed by atoms with E-state index in [4.69, 9.17) is 10.3 Å². The van der Waals surface area contributed by atoms with Crippen molar-refractivity contribution in [2.24, 2.45) is 5.84 Å². The van der Waals surface area contributed by atoms with Gasteiger partial charge in [0.15, 0.2) is 0 Å². The molecule has 3 N–H and O–H groups in total. The standard InChI is InChI=1S/C12H10F4N2O/c13-10-2-1-8(12(14,15)16)5-9(10)11(18-17)7-3-4-19-6-7/h1-6,11,18H,17H2. The number of benzene rings is 1. The summed E-state index contributed by atoms with van der Waals surface area (Å²) >= 11 is 0. The van der Waals surface area contributed by atoms with Crippen LogP contribution in [0.2, 0.25) is 0 Å². The predicted octanol–water partition coefficient (Wildman–Crippen LogP) is 2.99. The summed E-state index contributed by atoms with van der Waals surface area (Å²) in [6.45, 7) is 0. The molecule has 0 bridgehead atoms. The van der Waals surface area contributed by atoms with Crippen molar-refractivity contribution in [3.63, 3.8) is 0 Å². The molecule has 1 aromatic carbocycles. The van der Waals surface area contributed by atoms with Crippen LogP contribution in [0.15, 0.2) is 41.2 Å². The van der Waals surface area contributed by atoms with Crippen LogP contribution in [0.3, 0.4) is 0 Å². The fraction of sp³-hybridized carbons (Fsp3) is 0.167. The summed E-state index contributed by atoms with van der Waals surface area (Å²) in [7, 11) is 0. The minimum Gasteiger partial charge on any atom is -0.472 e. The van der Waals surface area contributed by atoms with E-state index in [0.29, 0.717) is 11.6 Å². The highest BCUT2D eigenvalue weighted by atomic mass is 19.4. The number of hydrogen-bond donors (Lipinski definition) is 2. The minimum atomic E-state index is -4.54. The molecule has 0 aliphatic heterocycles. The minimum absolute atomic E-state index is 0.196. The van der Waals surface area contributed by atoms with Gasteiger partial charge in [-0.3, -0.25) is 5.84 Å². The van der Waals surface area contributed by atoms with Gasteiger partial charge < -0.3 is 4.42 Å². The van der Waals surface area contributed by atoms with Crippen LogP contribution in [0, 0.1) is 5.82 Å². The van der Waals surface area contributed by atoms with Crippen LogP contribution in [0.1, 0.15) is 22.7 Å². The molecule has 0 saturated carbocycles. The number of hydrogen-bond acceptors (Lipinski definition) is 3. The van der Waals surface area contributed by atoms with Gasteiger partial charge in [0, 0.05) is 11.1 Å². The van der Waals surface area contributed by atoms with Gasteiger partial charge in [-0.25, -0.2) is 9.82 Å². The fourth-order valence-electron chi connectivity index (χ4n) is 1.75. The van der Waals surface area contributed by atoms with Crippen LogP contribution in [0.25, 0.3) is 0 Å². The molecule has 0 saturated heterocycles. The van der Waals surface area contributed by atoms with E-state index in [1.54, 1.807) is 0 Å². The van der Waals surface area contributed by atoms with Crippen LogP contribution in [0.4, 0.5) is 17.6 Å². The molecular formula is C12H10F4N2O. The van der Waals surface area contributed by atoms with E-state index in [-0.39, 0.29) is 5.56 Å². The Kier molecular flexibility index (Phi) is 3.59. The van der Waals surface area contributed by atoms with Crippen LogP contribution in [-0.4, -0.2) is 0 Å². The first-order chi connectivity index (χ1) is 8.93. The Morgan fingerprint density at radius 2 is 1.95 bits per heavy atom. The van der Waals surface area contributed by atoms with Gasteiger partial charge in [0.2, 0.25) is 0 Å². The molecule has 0 amide bonds. The summed E-state index contributed by atoms with van der Waals surface area (Å²) in [5.74, 6) is 4.50. The van der Waals surface area contributed by atoms with Gasteiger partial charge in [-0.15, -0.1) is 0 Å². The number of rotatable bonds is 3. The number of nitrogens with one attached hydrogen (secondary N) is 1. The molecule has 0 spiro atoms. The molecule has 0 aliphatic carbocycles. The molecular weight excluding hydrogens is 264 g/mol. The van der Waals surface area contributed by atoms with Crippen LogP contribution in [-0.2, 0) is 6.18 Å². The first kappa shape index (κ1) is 13.6. The lowest BCUT2D eigenvalue weighted by atomic mass is 9.99. The molecule has 3 nitrogen and oxygen atoms in total. The molecule has 102 valence electrons. The van der Waals surface area contributed by atoms with E-state index in [9.17, 15) is 17.6 Å². The molecule has 1 aromatic heterocycles. The van der Waals surface area contributed by atoms with Crippen molar-refractivity contribution in [1.82, 2.24) is 5.43 Å². The van der Waals surface area contributed by atoms with Crippen molar-refractivity contribution in [1.29, 1.82) is 0 Å². The van der Waals surface area contributed by atoms with Gasteiger partial charge in [-0.1, -0.05) is 0 Å². The average Bonchev–Trinajstić information content (AvgIpc) is 2.84. The largest absolute Gasteiger partial charge is 0.472 e. The Hall–Kier alpha value is -1.86. The lowest BCUT2D eigenvalue weighted by molar-refractivity contribution is -0.137. The predicted molar refractivity (Wildman–Crippen MR) is 59.3 cm³/mol. The maximum absolute atomic E-state index is 13.7. The molecule has 2 rings (SSSR count). The third-order valence-corrected chi connectivity index (χ3v) is 2.68. The number of halogens is 4. The fourth-order valence-corrected chi connectivity index (χ4v) is 1.75. The molecule has 19 heavy (non-hydrogen) atoms. The quantitative estimate of drug-likeness (QED) is 0.514.